The van der Waals surface area contributed by atoms with Gasteiger partial charge in [0, 0.05) is 39.1 Å². The summed E-state index contributed by atoms with van der Waals surface area (Å²) < 4.78 is 10.7. The average molecular weight is 403 g/mol. The molecule has 1 aromatic carbocycles. The van der Waals surface area contributed by atoms with Crippen LogP contribution in [-0.2, 0) is 11.2 Å². The highest BCUT2D eigenvalue weighted by Gasteiger charge is 2.03. The van der Waals surface area contributed by atoms with Crippen molar-refractivity contribution in [3.8, 4) is 0 Å². The van der Waals surface area contributed by atoms with Crippen LogP contribution in [0.25, 0.3) is 11.0 Å². The van der Waals surface area contributed by atoms with Crippen molar-refractivity contribution < 1.29 is 9.15 Å². The summed E-state index contributed by atoms with van der Waals surface area (Å²) in [7, 11) is 3.43. The minimum absolute atomic E-state index is 0. The maximum atomic E-state index is 5.76. The maximum absolute atomic E-state index is 5.76. The Bertz CT molecular complexity index is 536. The van der Waals surface area contributed by atoms with Gasteiger partial charge in [-0.15, -0.1) is 24.0 Å². The van der Waals surface area contributed by atoms with E-state index in [0.29, 0.717) is 6.61 Å². The van der Waals surface area contributed by atoms with Gasteiger partial charge in [0.1, 0.15) is 11.3 Å². The fourth-order valence-corrected chi connectivity index (χ4v) is 1.96. The normalized spacial score (nSPS) is 11.2. The summed E-state index contributed by atoms with van der Waals surface area (Å²) in [5.74, 6) is 1.75. The van der Waals surface area contributed by atoms with Crippen LogP contribution < -0.4 is 10.6 Å². The molecule has 2 N–H and O–H groups in total. The third-order valence-corrected chi connectivity index (χ3v) is 2.96. The van der Waals surface area contributed by atoms with Crippen molar-refractivity contribution in [2.24, 2.45) is 4.99 Å². The first kappa shape index (κ1) is 17.8. The van der Waals surface area contributed by atoms with Crippen molar-refractivity contribution in [1.82, 2.24) is 10.6 Å². The first-order valence-electron chi connectivity index (χ1n) is 6.74. The molecule has 0 aliphatic carbocycles. The fraction of sp³-hybridized carbons (Fsp3) is 0.400. The molecule has 21 heavy (non-hydrogen) atoms. The fourth-order valence-electron chi connectivity index (χ4n) is 1.96. The zero-order chi connectivity index (χ0) is 14.2. The van der Waals surface area contributed by atoms with Gasteiger partial charge in [-0.1, -0.05) is 18.2 Å². The van der Waals surface area contributed by atoms with Gasteiger partial charge in [0.05, 0.1) is 6.61 Å². The molecule has 1 aromatic heterocycles. The molecule has 116 valence electrons. The first-order chi connectivity index (χ1) is 9.83. The first-order valence-corrected chi connectivity index (χ1v) is 6.74. The maximum Gasteiger partial charge on any atom is 0.191 e. The number of rotatable bonds is 6. The van der Waals surface area contributed by atoms with Crippen molar-refractivity contribution >= 4 is 40.9 Å². The van der Waals surface area contributed by atoms with Gasteiger partial charge in [-0.2, -0.15) is 0 Å². The SMILES string of the molecule is CN=C(NCCOC)NCCc1cc2ccccc2o1.I. The summed E-state index contributed by atoms with van der Waals surface area (Å²) in [6, 6.07) is 10.1. The van der Waals surface area contributed by atoms with E-state index in [0.717, 1.165) is 42.2 Å². The third-order valence-electron chi connectivity index (χ3n) is 2.96. The lowest BCUT2D eigenvalue weighted by Gasteiger charge is -2.10. The van der Waals surface area contributed by atoms with E-state index in [4.69, 9.17) is 9.15 Å². The number of benzene rings is 1. The number of hydrogen-bond donors (Lipinski definition) is 2. The van der Waals surface area contributed by atoms with E-state index < -0.39 is 0 Å². The van der Waals surface area contributed by atoms with E-state index in [9.17, 15) is 0 Å². The lowest BCUT2D eigenvalue weighted by molar-refractivity contribution is 0.203. The van der Waals surface area contributed by atoms with Crippen LogP contribution in [0.5, 0.6) is 0 Å². The summed E-state index contributed by atoms with van der Waals surface area (Å²) in [5.41, 5.74) is 0.935. The summed E-state index contributed by atoms with van der Waals surface area (Å²) in [5, 5.41) is 7.55. The minimum Gasteiger partial charge on any atom is -0.461 e. The Labute approximate surface area is 142 Å². The van der Waals surface area contributed by atoms with Crippen molar-refractivity contribution in [3.63, 3.8) is 0 Å². The summed E-state index contributed by atoms with van der Waals surface area (Å²) in [4.78, 5) is 4.14. The standard InChI is InChI=1S/C15H21N3O2.HI/c1-16-15(18-9-10-19-2)17-8-7-13-11-12-5-3-4-6-14(12)20-13;/h3-6,11H,7-10H2,1-2H3,(H2,16,17,18);1H. The topological polar surface area (TPSA) is 58.8 Å². The number of methoxy groups -OCH3 is 1. The second kappa shape index (κ2) is 9.62. The highest BCUT2D eigenvalue weighted by Crippen LogP contribution is 2.18. The molecule has 0 saturated carbocycles. The Morgan fingerprint density at radius 3 is 2.71 bits per heavy atom. The van der Waals surface area contributed by atoms with E-state index >= 15 is 0 Å². The molecular weight excluding hydrogens is 381 g/mol. The molecule has 5 nitrogen and oxygen atoms in total. The van der Waals surface area contributed by atoms with Gasteiger partial charge in [-0.25, -0.2) is 0 Å². The van der Waals surface area contributed by atoms with E-state index in [1.165, 1.54) is 0 Å². The highest BCUT2D eigenvalue weighted by atomic mass is 127. The molecule has 2 aromatic rings. The molecule has 0 bridgehead atoms. The Morgan fingerprint density at radius 2 is 2.00 bits per heavy atom. The van der Waals surface area contributed by atoms with Crippen molar-refractivity contribution in [2.45, 2.75) is 6.42 Å². The summed E-state index contributed by atoms with van der Waals surface area (Å²) in [6.45, 7) is 2.16. The van der Waals surface area contributed by atoms with Gasteiger partial charge in [0.15, 0.2) is 5.96 Å². The molecule has 0 amide bonds. The van der Waals surface area contributed by atoms with Crippen LogP contribution in [-0.4, -0.2) is 39.8 Å². The highest BCUT2D eigenvalue weighted by molar-refractivity contribution is 14.0. The Balaban J connectivity index is 0.00000220. The molecule has 1 heterocycles. The predicted molar refractivity (Wildman–Crippen MR) is 96.6 cm³/mol. The van der Waals surface area contributed by atoms with Crippen LogP contribution in [0.2, 0.25) is 0 Å². The van der Waals surface area contributed by atoms with Crippen LogP contribution in [0.4, 0.5) is 0 Å². The second-order valence-electron chi connectivity index (χ2n) is 4.42. The van der Waals surface area contributed by atoms with Crippen LogP contribution in [0, 0.1) is 0 Å². The lowest BCUT2D eigenvalue weighted by atomic mass is 10.2. The van der Waals surface area contributed by atoms with E-state index in [1.54, 1.807) is 14.2 Å². The predicted octanol–water partition coefficient (Wildman–Crippen LogP) is 2.40. The van der Waals surface area contributed by atoms with Crippen molar-refractivity contribution in [1.29, 1.82) is 0 Å². The molecule has 0 aliphatic rings. The number of nitrogens with zero attached hydrogens (tertiary/aromatic N) is 1. The molecule has 0 spiro atoms. The van der Waals surface area contributed by atoms with E-state index in [2.05, 4.69) is 27.8 Å². The van der Waals surface area contributed by atoms with Gasteiger partial charge < -0.3 is 19.8 Å². The molecule has 0 atom stereocenters. The van der Waals surface area contributed by atoms with E-state index in [-0.39, 0.29) is 24.0 Å². The molecular formula is C15H22IN3O2. The van der Waals surface area contributed by atoms with Crippen LogP contribution in [0.3, 0.4) is 0 Å². The quantitative estimate of drug-likeness (QED) is 0.337. The number of halogens is 1. The van der Waals surface area contributed by atoms with Crippen LogP contribution in [0.1, 0.15) is 5.76 Å². The summed E-state index contributed by atoms with van der Waals surface area (Å²) >= 11 is 0. The Morgan fingerprint density at radius 1 is 1.24 bits per heavy atom. The number of furan rings is 1. The largest absolute Gasteiger partial charge is 0.461 e. The average Bonchev–Trinajstić information content (AvgIpc) is 2.88. The molecule has 6 heteroatoms. The Kier molecular flexibility index (Phi) is 8.14. The number of aliphatic imine (C=N–C) groups is 1. The number of ether oxygens (including phenoxy) is 1. The molecule has 0 saturated heterocycles. The number of hydrogen-bond acceptors (Lipinski definition) is 3. The second-order valence-corrected chi connectivity index (χ2v) is 4.42. The van der Waals surface area contributed by atoms with Gasteiger partial charge in [-0.05, 0) is 12.1 Å². The number of guanidine groups is 1. The number of para-hydroxylation sites is 1. The van der Waals surface area contributed by atoms with Crippen LogP contribution in [0.15, 0.2) is 39.7 Å². The molecule has 0 radical (unpaired) electrons. The zero-order valence-corrected chi connectivity index (χ0v) is 14.7. The van der Waals surface area contributed by atoms with Crippen molar-refractivity contribution in [2.75, 3.05) is 33.9 Å². The summed E-state index contributed by atoms with van der Waals surface area (Å²) in [6.07, 6.45) is 0.819. The zero-order valence-electron chi connectivity index (χ0n) is 12.4. The smallest absolute Gasteiger partial charge is 0.191 e. The minimum atomic E-state index is 0. The lowest BCUT2D eigenvalue weighted by Crippen LogP contribution is -2.39. The third kappa shape index (κ3) is 5.55. The number of nitrogens with one attached hydrogen (secondary N) is 2. The van der Waals surface area contributed by atoms with E-state index in [1.807, 2.05) is 18.2 Å². The molecule has 0 aliphatic heterocycles. The van der Waals surface area contributed by atoms with Gasteiger partial charge >= 0.3 is 0 Å². The molecule has 0 unspecified atom stereocenters. The molecule has 0 fully saturated rings. The van der Waals surface area contributed by atoms with Gasteiger partial charge in [0.25, 0.3) is 0 Å². The van der Waals surface area contributed by atoms with Crippen LogP contribution >= 0.6 is 24.0 Å². The number of fused-ring (bicyclic) bond motifs is 1. The van der Waals surface area contributed by atoms with Gasteiger partial charge in [0.2, 0.25) is 0 Å². The van der Waals surface area contributed by atoms with Gasteiger partial charge in [-0.3, -0.25) is 4.99 Å². The Hall–Kier alpha value is -1.28. The molecule has 2 rings (SSSR count). The monoisotopic (exact) mass is 403 g/mol. The van der Waals surface area contributed by atoms with Crippen molar-refractivity contribution in [3.05, 3.63) is 36.1 Å².